The molecule has 25 heavy (non-hydrogen) atoms. The lowest BCUT2D eigenvalue weighted by Gasteiger charge is -2.08. The average Bonchev–Trinajstić information content (AvgIpc) is 3.08. The Balaban J connectivity index is 1.72. The third-order valence-corrected chi connectivity index (χ3v) is 3.50. The lowest BCUT2D eigenvalue weighted by atomic mass is 10.1. The molecule has 1 amide bonds. The Morgan fingerprint density at radius 3 is 2.60 bits per heavy atom. The molecule has 1 N–H and O–H groups in total. The number of anilines is 1. The molecule has 0 saturated carbocycles. The highest BCUT2D eigenvalue weighted by Crippen LogP contribution is 2.29. The summed E-state index contributed by atoms with van der Waals surface area (Å²) in [4.78, 5) is 12.2. The van der Waals surface area contributed by atoms with Gasteiger partial charge < -0.3 is 14.6 Å². The third kappa shape index (κ3) is 4.13. The molecule has 3 aromatic rings. The molecule has 1 heterocycles. The van der Waals surface area contributed by atoms with Crippen molar-refractivity contribution in [3.05, 3.63) is 65.3 Å². The van der Waals surface area contributed by atoms with Crippen LogP contribution in [0.1, 0.15) is 10.5 Å². The summed E-state index contributed by atoms with van der Waals surface area (Å²) in [5, 5.41) is 6.23. The van der Waals surface area contributed by atoms with E-state index < -0.39 is 12.5 Å². The van der Waals surface area contributed by atoms with Gasteiger partial charge in [0.1, 0.15) is 5.75 Å². The van der Waals surface area contributed by atoms with Crippen molar-refractivity contribution in [3.8, 4) is 17.1 Å². The summed E-state index contributed by atoms with van der Waals surface area (Å²) in [7, 11) is 0. The Labute approximate surface area is 146 Å². The molecule has 8 heteroatoms. The van der Waals surface area contributed by atoms with E-state index in [-0.39, 0.29) is 16.5 Å². The molecule has 0 bridgehead atoms. The largest absolute Gasteiger partial charge is 0.433 e. The summed E-state index contributed by atoms with van der Waals surface area (Å²) < 4.78 is 33.8. The summed E-state index contributed by atoms with van der Waals surface area (Å²) in [5.74, 6) is -0.253. The number of ether oxygens (including phenoxy) is 1. The zero-order valence-electron chi connectivity index (χ0n) is 12.6. The van der Waals surface area contributed by atoms with Gasteiger partial charge >= 0.3 is 6.61 Å². The molecule has 1 aromatic heterocycles. The number of hydrogen-bond acceptors (Lipinski definition) is 4. The minimum atomic E-state index is -2.98. The van der Waals surface area contributed by atoms with E-state index in [1.165, 1.54) is 24.3 Å². The molecule has 0 fully saturated rings. The quantitative estimate of drug-likeness (QED) is 0.703. The van der Waals surface area contributed by atoms with E-state index in [1.807, 2.05) is 30.3 Å². The maximum absolute atomic E-state index is 12.2. The summed E-state index contributed by atoms with van der Waals surface area (Å²) in [6.45, 7) is -2.98. The van der Waals surface area contributed by atoms with E-state index >= 15 is 0 Å². The molecule has 0 unspecified atom stereocenters. The van der Waals surface area contributed by atoms with Crippen LogP contribution in [0.15, 0.2) is 59.1 Å². The first-order valence-electron chi connectivity index (χ1n) is 7.11. The van der Waals surface area contributed by atoms with Crippen molar-refractivity contribution in [3.63, 3.8) is 0 Å². The topological polar surface area (TPSA) is 64.4 Å². The first-order chi connectivity index (χ1) is 12.0. The molecule has 0 aliphatic rings. The molecule has 0 aliphatic carbocycles. The lowest BCUT2D eigenvalue weighted by molar-refractivity contribution is -0.0497. The summed E-state index contributed by atoms with van der Waals surface area (Å²) in [6.07, 6.45) is 0. The molecule has 0 radical (unpaired) electrons. The van der Waals surface area contributed by atoms with Crippen LogP contribution >= 0.6 is 11.6 Å². The van der Waals surface area contributed by atoms with Crippen LogP contribution in [0, 0.1) is 0 Å². The van der Waals surface area contributed by atoms with Gasteiger partial charge in [0.05, 0.1) is 5.02 Å². The van der Waals surface area contributed by atoms with Crippen LogP contribution in [0.4, 0.5) is 14.5 Å². The molecule has 128 valence electrons. The molecule has 0 atom stereocenters. The van der Waals surface area contributed by atoms with Crippen molar-refractivity contribution in [1.29, 1.82) is 0 Å². The number of nitrogens with zero attached hydrogens (tertiary/aromatic N) is 1. The van der Waals surface area contributed by atoms with Crippen molar-refractivity contribution in [2.24, 2.45) is 0 Å². The number of rotatable bonds is 5. The van der Waals surface area contributed by atoms with E-state index in [1.54, 1.807) is 0 Å². The number of hydrogen-bond donors (Lipinski definition) is 1. The van der Waals surface area contributed by atoms with Gasteiger partial charge in [0.25, 0.3) is 5.91 Å². The van der Waals surface area contributed by atoms with Gasteiger partial charge in [-0.25, -0.2) is 0 Å². The molecular weight excluding hydrogens is 354 g/mol. The number of alkyl halides is 2. The van der Waals surface area contributed by atoms with E-state index in [2.05, 4.69) is 15.2 Å². The molecular formula is C17H11ClF2N2O3. The maximum atomic E-state index is 12.2. The fourth-order valence-corrected chi connectivity index (χ4v) is 2.31. The predicted octanol–water partition coefficient (Wildman–Crippen LogP) is 4.85. The summed E-state index contributed by atoms with van der Waals surface area (Å²) >= 11 is 5.84. The Morgan fingerprint density at radius 1 is 1.16 bits per heavy atom. The van der Waals surface area contributed by atoms with E-state index in [0.29, 0.717) is 11.4 Å². The number of aromatic nitrogens is 1. The first-order valence-corrected chi connectivity index (χ1v) is 7.48. The van der Waals surface area contributed by atoms with Crippen molar-refractivity contribution < 1.29 is 22.8 Å². The number of benzene rings is 2. The average molecular weight is 365 g/mol. The zero-order valence-corrected chi connectivity index (χ0v) is 13.3. The molecule has 0 aliphatic heterocycles. The zero-order chi connectivity index (χ0) is 17.8. The minimum absolute atomic E-state index is 0.0526. The molecule has 3 rings (SSSR count). The van der Waals surface area contributed by atoms with Gasteiger partial charge in [-0.15, -0.1) is 0 Å². The van der Waals surface area contributed by atoms with Gasteiger partial charge in [0.2, 0.25) is 0 Å². The van der Waals surface area contributed by atoms with Crippen molar-refractivity contribution >= 4 is 23.2 Å². The smallest absolute Gasteiger partial charge is 0.387 e. The van der Waals surface area contributed by atoms with E-state index in [0.717, 1.165) is 5.56 Å². The fourth-order valence-electron chi connectivity index (χ4n) is 2.09. The number of amides is 1. The van der Waals surface area contributed by atoms with Crippen molar-refractivity contribution in [2.45, 2.75) is 6.61 Å². The predicted molar refractivity (Wildman–Crippen MR) is 88.0 cm³/mol. The highest BCUT2D eigenvalue weighted by atomic mass is 35.5. The van der Waals surface area contributed by atoms with Crippen LogP contribution in [-0.4, -0.2) is 17.7 Å². The number of nitrogens with one attached hydrogen (secondary N) is 1. The molecule has 0 saturated heterocycles. The highest BCUT2D eigenvalue weighted by Gasteiger charge is 2.15. The Hall–Kier alpha value is -2.93. The number of halogens is 3. The molecule has 2 aromatic carbocycles. The van der Waals surface area contributed by atoms with Crippen LogP contribution in [-0.2, 0) is 0 Å². The second-order valence-corrected chi connectivity index (χ2v) is 5.33. The number of carbonyl (C=O) groups excluding carboxylic acids is 1. The van der Waals surface area contributed by atoms with Gasteiger partial charge in [0, 0.05) is 17.3 Å². The Morgan fingerprint density at radius 2 is 1.92 bits per heavy atom. The second kappa shape index (κ2) is 7.31. The van der Waals surface area contributed by atoms with Crippen LogP contribution < -0.4 is 10.1 Å². The van der Waals surface area contributed by atoms with Crippen LogP contribution in [0.3, 0.4) is 0 Å². The van der Waals surface area contributed by atoms with Gasteiger partial charge in [-0.2, -0.15) is 8.78 Å². The maximum Gasteiger partial charge on any atom is 0.387 e. The van der Waals surface area contributed by atoms with E-state index in [4.69, 9.17) is 16.1 Å². The Bertz CT molecular complexity index is 885. The summed E-state index contributed by atoms with van der Waals surface area (Å²) in [6, 6.07) is 14.6. The highest BCUT2D eigenvalue weighted by molar-refractivity contribution is 6.32. The van der Waals surface area contributed by atoms with Gasteiger partial charge in [0.15, 0.2) is 11.5 Å². The van der Waals surface area contributed by atoms with Crippen LogP contribution in [0.2, 0.25) is 5.02 Å². The first kappa shape index (κ1) is 16.9. The monoisotopic (exact) mass is 364 g/mol. The fraction of sp³-hybridized carbons (Fsp3) is 0.0588. The van der Waals surface area contributed by atoms with Crippen molar-refractivity contribution in [2.75, 3.05) is 5.32 Å². The van der Waals surface area contributed by atoms with Crippen LogP contribution in [0.5, 0.6) is 5.75 Å². The minimum Gasteiger partial charge on any atom is -0.433 e. The Kier molecular flexibility index (Phi) is 4.95. The number of carbonyl (C=O) groups is 1. The molecule has 0 spiro atoms. The normalized spacial score (nSPS) is 10.7. The standard InChI is InChI=1S/C17H11ClF2N2O3/c18-12-8-11(6-7-14(12)24-17(19)20)21-16(23)13-9-15(25-22-13)10-4-2-1-3-5-10/h1-9,17H,(H,21,23). The van der Waals surface area contributed by atoms with Gasteiger partial charge in [-0.3, -0.25) is 4.79 Å². The lowest BCUT2D eigenvalue weighted by Crippen LogP contribution is -2.12. The second-order valence-electron chi connectivity index (χ2n) is 4.92. The summed E-state index contributed by atoms with van der Waals surface area (Å²) in [5.41, 5.74) is 1.16. The SMILES string of the molecule is O=C(Nc1ccc(OC(F)F)c(Cl)c1)c1cc(-c2ccccc2)on1. The van der Waals surface area contributed by atoms with Crippen molar-refractivity contribution in [1.82, 2.24) is 5.16 Å². The van der Waals surface area contributed by atoms with Gasteiger partial charge in [-0.05, 0) is 18.2 Å². The molecule has 5 nitrogen and oxygen atoms in total. The third-order valence-electron chi connectivity index (χ3n) is 3.21. The van der Waals surface area contributed by atoms with E-state index in [9.17, 15) is 13.6 Å². The van der Waals surface area contributed by atoms with Gasteiger partial charge in [-0.1, -0.05) is 47.1 Å². The van der Waals surface area contributed by atoms with Crippen LogP contribution in [0.25, 0.3) is 11.3 Å².